The summed E-state index contributed by atoms with van der Waals surface area (Å²) < 4.78 is 54.3. The van der Waals surface area contributed by atoms with Gasteiger partial charge >= 0.3 is 18.9 Å². The molecule has 0 aliphatic carbocycles. The van der Waals surface area contributed by atoms with Crippen molar-refractivity contribution in [1.29, 1.82) is 0 Å². The molecule has 0 fully saturated rings. The van der Waals surface area contributed by atoms with E-state index >= 15 is 0 Å². The van der Waals surface area contributed by atoms with E-state index in [0.717, 1.165) is 20.0 Å². The molecule has 0 heterocycles. The highest BCUT2D eigenvalue weighted by Crippen LogP contribution is 2.52. The fourth-order valence-electron chi connectivity index (χ4n) is 1.45. The number of alkyl halides is 3. The minimum Gasteiger partial charge on any atom is -0.466 e. The van der Waals surface area contributed by atoms with Crippen LogP contribution in [0.15, 0.2) is 11.6 Å². The number of hydrogen-bond donors (Lipinski definition) is 0. The van der Waals surface area contributed by atoms with Crippen molar-refractivity contribution in [2.75, 3.05) is 26.5 Å². The number of methoxy groups -OCH3 is 1. The van der Waals surface area contributed by atoms with Crippen LogP contribution in [-0.2, 0) is 23.1 Å². The first-order valence-electron chi connectivity index (χ1n) is 7.42. The standard InChI is InChI=1S/C14H24ClF2O5P/c1-4-6-8-21-23(19,22-9-7-5-2)11-12(14(15,16)17)10-13(18)20-3/h10H,4-9,11H2,1-3H3/b12-10+. The molecule has 0 atom stereocenters. The summed E-state index contributed by atoms with van der Waals surface area (Å²) >= 11 is 4.99. The Morgan fingerprint density at radius 3 is 2.00 bits per heavy atom. The van der Waals surface area contributed by atoms with Gasteiger partial charge < -0.3 is 13.8 Å². The predicted octanol–water partition coefficient (Wildman–Crippen LogP) is 4.74. The maximum absolute atomic E-state index is 13.4. The molecule has 0 unspecified atom stereocenters. The second-order valence-electron chi connectivity index (χ2n) is 4.83. The predicted molar refractivity (Wildman–Crippen MR) is 85.1 cm³/mol. The van der Waals surface area contributed by atoms with Crippen molar-refractivity contribution in [3.63, 3.8) is 0 Å². The van der Waals surface area contributed by atoms with Gasteiger partial charge in [-0.2, -0.15) is 8.78 Å². The summed E-state index contributed by atoms with van der Waals surface area (Å²) in [7, 11) is -2.80. The molecule has 0 aromatic heterocycles. The van der Waals surface area contributed by atoms with Crippen LogP contribution in [0, 0.1) is 0 Å². The van der Waals surface area contributed by atoms with Crippen molar-refractivity contribution in [2.24, 2.45) is 0 Å². The van der Waals surface area contributed by atoms with E-state index in [-0.39, 0.29) is 13.2 Å². The zero-order valence-corrected chi connectivity index (χ0v) is 15.3. The Morgan fingerprint density at radius 2 is 1.65 bits per heavy atom. The second kappa shape index (κ2) is 11.1. The number of carbonyl (C=O) groups is 1. The van der Waals surface area contributed by atoms with Crippen molar-refractivity contribution in [3.8, 4) is 0 Å². The van der Waals surface area contributed by atoms with Crippen molar-refractivity contribution < 1.29 is 31.9 Å². The number of rotatable bonds is 12. The average molecular weight is 377 g/mol. The lowest BCUT2D eigenvalue weighted by atomic mass is 10.3. The quantitative estimate of drug-likeness (QED) is 0.162. The summed E-state index contributed by atoms with van der Waals surface area (Å²) in [6, 6.07) is 0. The number of allylic oxidation sites excluding steroid dienone is 1. The summed E-state index contributed by atoms with van der Waals surface area (Å²) in [4.78, 5) is 11.2. The molecule has 0 aromatic carbocycles. The fourth-order valence-corrected chi connectivity index (χ4v) is 3.44. The van der Waals surface area contributed by atoms with Gasteiger partial charge in [0, 0.05) is 11.6 Å². The summed E-state index contributed by atoms with van der Waals surface area (Å²) in [6.45, 7) is 4.03. The molecule has 5 nitrogen and oxygen atoms in total. The molecule has 0 amide bonds. The molecular weight excluding hydrogens is 353 g/mol. The van der Waals surface area contributed by atoms with Crippen LogP contribution in [0.25, 0.3) is 0 Å². The number of ether oxygens (including phenoxy) is 1. The topological polar surface area (TPSA) is 61.8 Å². The van der Waals surface area contributed by atoms with Crippen molar-refractivity contribution in [1.82, 2.24) is 0 Å². The lowest BCUT2D eigenvalue weighted by Crippen LogP contribution is -2.18. The second-order valence-corrected chi connectivity index (χ2v) is 7.36. The lowest BCUT2D eigenvalue weighted by molar-refractivity contribution is -0.135. The number of carbonyl (C=O) groups excluding carboxylic acids is 1. The normalized spacial score (nSPS) is 13.2. The van der Waals surface area contributed by atoms with Crippen LogP contribution in [0.1, 0.15) is 39.5 Å². The Morgan fingerprint density at radius 1 is 1.17 bits per heavy atom. The molecule has 0 radical (unpaired) electrons. The van der Waals surface area contributed by atoms with Crippen LogP contribution in [-0.4, -0.2) is 37.8 Å². The van der Waals surface area contributed by atoms with E-state index < -0.39 is 30.7 Å². The Kier molecular flexibility index (Phi) is 10.9. The molecular formula is C14H24ClF2O5P. The monoisotopic (exact) mass is 376 g/mol. The molecule has 0 rings (SSSR count). The number of esters is 1. The Bertz CT molecular complexity index is 423. The maximum Gasteiger partial charge on any atom is 0.345 e. The molecule has 0 saturated carbocycles. The summed E-state index contributed by atoms with van der Waals surface area (Å²) in [5, 5.41) is -3.86. The first-order valence-corrected chi connectivity index (χ1v) is 9.53. The first kappa shape index (κ1) is 22.5. The minimum absolute atomic E-state index is 0.110. The van der Waals surface area contributed by atoms with Gasteiger partial charge in [0.05, 0.1) is 26.5 Å². The highest BCUT2D eigenvalue weighted by Gasteiger charge is 2.38. The van der Waals surface area contributed by atoms with Gasteiger partial charge in [-0.25, -0.2) is 4.79 Å². The highest BCUT2D eigenvalue weighted by molar-refractivity contribution is 7.54. The van der Waals surface area contributed by atoms with Crippen LogP contribution in [0.3, 0.4) is 0 Å². The summed E-state index contributed by atoms with van der Waals surface area (Å²) in [5.74, 6) is -1.02. The van der Waals surface area contributed by atoms with Gasteiger partial charge in [0.2, 0.25) is 0 Å². The number of halogens is 3. The SMILES string of the molecule is CCCCOP(=O)(C/C(=C\C(=O)OC)C(F)(F)Cl)OCCCC. The summed E-state index contributed by atoms with van der Waals surface area (Å²) in [5.41, 5.74) is -0.859. The van der Waals surface area contributed by atoms with Crippen molar-refractivity contribution in [2.45, 2.75) is 44.9 Å². The van der Waals surface area contributed by atoms with Crippen molar-refractivity contribution in [3.05, 3.63) is 11.6 Å². The molecule has 0 saturated heterocycles. The zero-order valence-electron chi connectivity index (χ0n) is 13.6. The van der Waals surface area contributed by atoms with Crippen LogP contribution >= 0.6 is 19.2 Å². The van der Waals surface area contributed by atoms with E-state index in [9.17, 15) is 18.1 Å². The van der Waals surface area contributed by atoms with Gasteiger partial charge in [-0.3, -0.25) is 4.57 Å². The van der Waals surface area contributed by atoms with Crippen molar-refractivity contribution >= 4 is 25.2 Å². The number of unbranched alkanes of at least 4 members (excludes halogenated alkanes) is 2. The molecule has 136 valence electrons. The third kappa shape index (κ3) is 10.1. The van der Waals surface area contributed by atoms with E-state index in [4.69, 9.17) is 20.6 Å². The maximum atomic E-state index is 13.4. The van der Waals surface area contributed by atoms with Gasteiger partial charge in [-0.15, -0.1) is 0 Å². The summed E-state index contributed by atoms with van der Waals surface area (Å²) in [6.07, 6.45) is 2.53. The van der Waals surface area contributed by atoms with Gasteiger partial charge in [0.15, 0.2) is 0 Å². The average Bonchev–Trinajstić information content (AvgIpc) is 2.46. The lowest BCUT2D eigenvalue weighted by Gasteiger charge is -2.21. The number of hydrogen-bond acceptors (Lipinski definition) is 5. The fraction of sp³-hybridized carbons (Fsp3) is 0.786. The largest absolute Gasteiger partial charge is 0.466 e. The molecule has 9 heteroatoms. The molecule has 0 spiro atoms. The third-order valence-corrected chi connectivity index (χ3v) is 4.92. The van der Waals surface area contributed by atoms with E-state index in [2.05, 4.69) is 4.74 Å². The van der Waals surface area contributed by atoms with Crippen LogP contribution in [0.5, 0.6) is 0 Å². The molecule has 0 aliphatic rings. The Labute approximate surface area is 140 Å². The highest BCUT2D eigenvalue weighted by atomic mass is 35.5. The van der Waals surface area contributed by atoms with Crippen LogP contribution in [0.4, 0.5) is 8.78 Å². The zero-order chi connectivity index (χ0) is 17.9. The van der Waals surface area contributed by atoms with Crippen LogP contribution in [0.2, 0.25) is 0 Å². The molecule has 0 bridgehead atoms. The first-order chi connectivity index (χ1) is 10.7. The van der Waals surface area contributed by atoms with Gasteiger partial charge in [-0.1, -0.05) is 26.7 Å². The molecule has 0 N–H and O–H groups in total. The van der Waals surface area contributed by atoms with E-state index in [1.165, 1.54) is 0 Å². The smallest absolute Gasteiger partial charge is 0.345 e. The third-order valence-electron chi connectivity index (χ3n) is 2.79. The van der Waals surface area contributed by atoms with E-state index in [1.807, 2.05) is 13.8 Å². The molecule has 0 aliphatic heterocycles. The Balaban J connectivity index is 5.21. The Hall–Kier alpha value is -0.490. The van der Waals surface area contributed by atoms with E-state index in [1.54, 1.807) is 0 Å². The van der Waals surface area contributed by atoms with E-state index in [0.29, 0.717) is 18.9 Å². The molecule has 23 heavy (non-hydrogen) atoms. The molecule has 0 aromatic rings. The van der Waals surface area contributed by atoms with Gasteiger partial charge in [0.1, 0.15) is 0 Å². The van der Waals surface area contributed by atoms with Crippen LogP contribution < -0.4 is 0 Å². The van der Waals surface area contributed by atoms with Gasteiger partial charge in [-0.05, 0) is 24.4 Å². The van der Waals surface area contributed by atoms with Gasteiger partial charge in [0.25, 0.3) is 0 Å². The minimum atomic E-state index is -3.86.